The molecule has 0 aliphatic carbocycles. The molecule has 0 N–H and O–H groups in total. The molecule has 1 aromatic rings. The van der Waals surface area contributed by atoms with Crippen molar-refractivity contribution in [1.29, 1.82) is 0 Å². The molecule has 0 amide bonds. The fourth-order valence-electron chi connectivity index (χ4n) is 3.09. The first kappa shape index (κ1) is 21.5. The summed E-state index contributed by atoms with van der Waals surface area (Å²) in [6.07, 6.45) is 5.53. The second-order valence-electron chi connectivity index (χ2n) is 6.17. The van der Waals surface area contributed by atoms with Crippen LogP contribution in [0.4, 0.5) is 0 Å². The van der Waals surface area contributed by atoms with E-state index in [0.29, 0.717) is 13.2 Å². The number of nitrogens with zero attached hydrogens (tertiary/aromatic N) is 1. The monoisotopic (exact) mass is 367 g/mol. The fourth-order valence-corrected chi connectivity index (χ4v) is 3.09. The first-order chi connectivity index (χ1) is 11.7. The van der Waals surface area contributed by atoms with Crippen molar-refractivity contribution in [2.75, 3.05) is 32.8 Å². The zero-order chi connectivity index (χ0) is 17.2. The van der Waals surface area contributed by atoms with Crippen LogP contribution in [0, 0.1) is 5.92 Å². The van der Waals surface area contributed by atoms with E-state index in [1.807, 2.05) is 31.2 Å². The molecule has 1 aromatic carbocycles. The molecule has 1 heterocycles. The Bertz CT molecular complexity index is 527. The molecule has 1 aliphatic heterocycles. The average molecular weight is 368 g/mol. The number of likely N-dealkylation sites (tertiary alicyclic amines) is 1. The molecule has 0 bridgehead atoms. The van der Waals surface area contributed by atoms with Crippen LogP contribution in [0.25, 0.3) is 0 Å². The van der Waals surface area contributed by atoms with Gasteiger partial charge in [-0.3, -0.25) is 4.79 Å². The van der Waals surface area contributed by atoms with Gasteiger partial charge in [0.25, 0.3) is 0 Å². The molecule has 0 atom stereocenters. The van der Waals surface area contributed by atoms with Gasteiger partial charge in [-0.05, 0) is 57.3 Å². The number of esters is 1. The van der Waals surface area contributed by atoms with Gasteiger partial charge in [-0.25, -0.2) is 0 Å². The lowest BCUT2D eigenvalue weighted by Gasteiger charge is -2.30. The molecule has 5 heteroatoms. The van der Waals surface area contributed by atoms with Crippen LogP contribution in [-0.4, -0.2) is 43.7 Å². The Morgan fingerprint density at radius 1 is 1.32 bits per heavy atom. The number of piperidine rings is 1. The molecule has 0 unspecified atom stereocenters. The normalized spacial score (nSPS) is 15.2. The summed E-state index contributed by atoms with van der Waals surface area (Å²) in [5, 5.41) is 0. The van der Waals surface area contributed by atoms with E-state index in [4.69, 9.17) is 9.47 Å². The van der Waals surface area contributed by atoms with Gasteiger partial charge in [0.2, 0.25) is 0 Å². The standard InChI is InChI=1S/C20H29NO3.ClH/c1-3-8-17-9-5-6-10-19(17)24-16-7-13-21-14-11-18(12-15-21)20(22)23-4-2;/h3,5-6,9-10,18H,1,4,7-8,11-16H2,2H3;1H. The number of ether oxygens (including phenoxy) is 2. The van der Waals surface area contributed by atoms with Crippen molar-refractivity contribution in [3.63, 3.8) is 0 Å². The summed E-state index contributed by atoms with van der Waals surface area (Å²) in [5.41, 5.74) is 1.18. The molecule has 0 radical (unpaired) electrons. The maximum Gasteiger partial charge on any atom is 0.309 e. The molecule has 1 aliphatic rings. The number of halogens is 1. The highest BCUT2D eigenvalue weighted by Crippen LogP contribution is 2.20. The molecular weight excluding hydrogens is 338 g/mol. The second kappa shape index (κ2) is 11.9. The Labute approximate surface area is 157 Å². The zero-order valence-corrected chi connectivity index (χ0v) is 15.9. The third-order valence-corrected chi connectivity index (χ3v) is 4.42. The number of hydrogen-bond donors (Lipinski definition) is 0. The molecular formula is C20H30ClNO3. The first-order valence-electron chi connectivity index (χ1n) is 8.95. The van der Waals surface area contributed by atoms with Gasteiger partial charge in [-0.1, -0.05) is 24.3 Å². The highest BCUT2D eigenvalue weighted by molar-refractivity contribution is 5.85. The van der Waals surface area contributed by atoms with Crippen molar-refractivity contribution in [1.82, 2.24) is 4.90 Å². The highest BCUT2D eigenvalue weighted by atomic mass is 35.5. The number of para-hydroxylation sites is 1. The minimum atomic E-state index is -0.0284. The summed E-state index contributed by atoms with van der Waals surface area (Å²) in [6.45, 7) is 9.79. The van der Waals surface area contributed by atoms with Gasteiger partial charge in [0.05, 0.1) is 19.1 Å². The minimum absolute atomic E-state index is 0. The molecule has 0 spiro atoms. The van der Waals surface area contributed by atoms with Crippen molar-refractivity contribution in [2.45, 2.75) is 32.6 Å². The van der Waals surface area contributed by atoms with Crippen LogP contribution in [0.1, 0.15) is 31.7 Å². The van der Waals surface area contributed by atoms with Crippen molar-refractivity contribution in [3.05, 3.63) is 42.5 Å². The van der Waals surface area contributed by atoms with Gasteiger partial charge in [0.1, 0.15) is 5.75 Å². The van der Waals surface area contributed by atoms with Crippen LogP contribution in [-0.2, 0) is 16.0 Å². The topological polar surface area (TPSA) is 38.8 Å². The highest BCUT2D eigenvalue weighted by Gasteiger charge is 2.25. The Kier molecular flexibility index (Phi) is 10.3. The molecule has 140 valence electrons. The van der Waals surface area contributed by atoms with Gasteiger partial charge in [0.15, 0.2) is 0 Å². The SMILES string of the molecule is C=CCc1ccccc1OCCCN1CCC(C(=O)OCC)CC1.Cl. The molecule has 0 saturated carbocycles. The number of benzene rings is 1. The predicted octanol–water partition coefficient (Wildman–Crippen LogP) is 3.88. The van der Waals surface area contributed by atoms with Gasteiger partial charge >= 0.3 is 5.97 Å². The van der Waals surface area contributed by atoms with Crippen LogP contribution >= 0.6 is 12.4 Å². The van der Waals surface area contributed by atoms with Crippen molar-refractivity contribution in [2.24, 2.45) is 5.92 Å². The number of carbonyl (C=O) groups excluding carboxylic acids is 1. The van der Waals surface area contributed by atoms with Crippen LogP contribution < -0.4 is 4.74 Å². The van der Waals surface area contributed by atoms with Crippen LogP contribution in [0.2, 0.25) is 0 Å². The van der Waals surface area contributed by atoms with Gasteiger partial charge in [-0.15, -0.1) is 19.0 Å². The lowest BCUT2D eigenvalue weighted by Crippen LogP contribution is -2.37. The number of rotatable bonds is 9. The van der Waals surface area contributed by atoms with E-state index < -0.39 is 0 Å². The van der Waals surface area contributed by atoms with E-state index in [9.17, 15) is 4.79 Å². The smallest absolute Gasteiger partial charge is 0.309 e. The van der Waals surface area contributed by atoms with E-state index in [-0.39, 0.29) is 24.3 Å². The summed E-state index contributed by atoms with van der Waals surface area (Å²) < 4.78 is 11.0. The van der Waals surface area contributed by atoms with Crippen molar-refractivity contribution >= 4 is 18.4 Å². The Morgan fingerprint density at radius 3 is 2.72 bits per heavy atom. The van der Waals surface area contributed by atoms with E-state index in [0.717, 1.165) is 51.1 Å². The maximum atomic E-state index is 11.7. The molecule has 1 fully saturated rings. The molecule has 4 nitrogen and oxygen atoms in total. The van der Waals surface area contributed by atoms with E-state index >= 15 is 0 Å². The van der Waals surface area contributed by atoms with Crippen molar-refractivity contribution in [3.8, 4) is 5.75 Å². The summed E-state index contributed by atoms with van der Waals surface area (Å²) >= 11 is 0. The molecule has 1 saturated heterocycles. The number of hydrogen-bond acceptors (Lipinski definition) is 4. The third-order valence-electron chi connectivity index (χ3n) is 4.42. The second-order valence-corrected chi connectivity index (χ2v) is 6.17. The largest absolute Gasteiger partial charge is 0.493 e. The lowest BCUT2D eigenvalue weighted by molar-refractivity contribution is -0.149. The molecule has 25 heavy (non-hydrogen) atoms. The number of allylic oxidation sites excluding steroid dienone is 1. The van der Waals surface area contributed by atoms with Gasteiger partial charge in [-0.2, -0.15) is 0 Å². The van der Waals surface area contributed by atoms with Crippen LogP contribution in [0.5, 0.6) is 5.75 Å². The summed E-state index contributed by atoms with van der Waals surface area (Å²) in [6, 6.07) is 8.13. The predicted molar refractivity (Wildman–Crippen MR) is 104 cm³/mol. The Balaban J connectivity index is 0.00000312. The van der Waals surface area contributed by atoms with E-state index in [1.54, 1.807) is 0 Å². The number of carbonyl (C=O) groups is 1. The van der Waals surface area contributed by atoms with E-state index in [2.05, 4.69) is 17.5 Å². The molecule has 2 rings (SSSR count). The first-order valence-corrected chi connectivity index (χ1v) is 8.95. The quantitative estimate of drug-likeness (QED) is 0.377. The summed E-state index contributed by atoms with van der Waals surface area (Å²) in [7, 11) is 0. The summed E-state index contributed by atoms with van der Waals surface area (Å²) in [5.74, 6) is 1.01. The zero-order valence-electron chi connectivity index (χ0n) is 15.1. The van der Waals surface area contributed by atoms with E-state index in [1.165, 1.54) is 5.56 Å². The molecule has 0 aromatic heterocycles. The maximum absolute atomic E-state index is 11.7. The van der Waals surface area contributed by atoms with Crippen molar-refractivity contribution < 1.29 is 14.3 Å². The lowest BCUT2D eigenvalue weighted by atomic mass is 9.97. The van der Waals surface area contributed by atoms with Gasteiger partial charge in [0, 0.05) is 6.54 Å². The Morgan fingerprint density at radius 2 is 2.04 bits per heavy atom. The Hall–Kier alpha value is -1.52. The fraction of sp³-hybridized carbons (Fsp3) is 0.550. The van der Waals surface area contributed by atoms with Crippen LogP contribution in [0.3, 0.4) is 0 Å². The average Bonchev–Trinajstić information content (AvgIpc) is 2.61. The summed E-state index contributed by atoms with van der Waals surface area (Å²) in [4.78, 5) is 14.2. The van der Waals surface area contributed by atoms with Crippen LogP contribution in [0.15, 0.2) is 36.9 Å². The third kappa shape index (κ3) is 7.09. The minimum Gasteiger partial charge on any atom is -0.493 e. The van der Waals surface area contributed by atoms with Gasteiger partial charge < -0.3 is 14.4 Å².